The van der Waals surface area contributed by atoms with Crippen LogP contribution < -0.4 is 5.32 Å². The molecule has 10 heteroatoms. The van der Waals surface area contributed by atoms with Gasteiger partial charge in [0.1, 0.15) is 5.56 Å². The van der Waals surface area contributed by atoms with E-state index >= 15 is 0 Å². The van der Waals surface area contributed by atoms with Crippen molar-refractivity contribution in [3.8, 4) is 0 Å². The lowest BCUT2D eigenvalue weighted by Gasteiger charge is -2.09. The van der Waals surface area contributed by atoms with E-state index in [9.17, 15) is 28.5 Å². The van der Waals surface area contributed by atoms with Gasteiger partial charge in [0, 0.05) is 16.6 Å². The first-order valence-electron chi connectivity index (χ1n) is 7.54. The van der Waals surface area contributed by atoms with E-state index in [0.717, 1.165) is 0 Å². The minimum absolute atomic E-state index is 0.219. The number of benzene rings is 2. The summed E-state index contributed by atoms with van der Waals surface area (Å²) in [6.45, 7) is 0.862. The second-order valence-electron chi connectivity index (χ2n) is 5.25. The van der Waals surface area contributed by atoms with Gasteiger partial charge in [-0.3, -0.25) is 14.9 Å². The highest BCUT2D eigenvalue weighted by molar-refractivity contribution is 7.99. The lowest BCUT2D eigenvalue weighted by atomic mass is 10.1. The Hall–Kier alpha value is -3.01. The molecule has 27 heavy (non-hydrogen) atoms. The first kappa shape index (κ1) is 20.3. The number of nitrogens with zero attached hydrogens (tertiary/aromatic N) is 1. The molecule has 0 aromatic heterocycles. The number of rotatable bonds is 7. The third-order valence-electron chi connectivity index (χ3n) is 3.35. The maximum Gasteiger partial charge on any atom is 0.345 e. The van der Waals surface area contributed by atoms with Crippen molar-refractivity contribution >= 4 is 35.0 Å². The van der Waals surface area contributed by atoms with Crippen LogP contribution in [0.25, 0.3) is 0 Å². The number of halogens is 2. The topological polar surface area (TPSA) is 98.5 Å². The van der Waals surface area contributed by atoms with Crippen molar-refractivity contribution < 1.29 is 28.0 Å². The standard InChI is InChI=1S/C17H14F2N2O5S/c1-10-3-2-4-13(21(24)25)15(10)16(23)26-9-14(22)20-11-5-7-12(8-6-11)27-17(18)19/h2-8,17H,9H2,1H3,(H,20,22). The Labute approximate surface area is 156 Å². The average molecular weight is 396 g/mol. The Bertz CT molecular complexity index is 859. The summed E-state index contributed by atoms with van der Waals surface area (Å²) in [4.78, 5) is 34.6. The van der Waals surface area contributed by atoms with Crippen LogP contribution >= 0.6 is 11.8 Å². The summed E-state index contributed by atoms with van der Waals surface area (Å²) in [5, 5.41) is 13.5. The molecule has 1 amide bonds. The van der Waals surface area contributed by atoms with Crippen LogP contribution in [0.1, 0.15) is 15.9 Å². The van der Waals surface area contributed by atoms with E-state index < -0.39 is 34.9 Å². The van der Waals surface area contributed by atoms with E-state index in [0.29, 0.717) is 27.9 Å². The Kier molecular flexibility index (Phi) is 6.83. The number of carbonyl (C=O) groups is 2. The molecule has 0 heterocycles. The average Bonchev–Trinajstić information content (AvgIpc) is 2.60. The van der Waals surface area contributed by atoms with Crippen LogP contribution in [0.3, 0.4) is 0 Å². The largest absolute Gasteiger partial charge is 0.452 e. The van der Waals surface area contributed by atoms with Crippen LogP contribution in [0, 0.1) is 17.0 Å². The van der Waals surface area contributed by atoms with E-state index in [4.69, 9.17) is 4.74 Å². The fourth-order valence-electron chi connectivity index (χ4n) is 2.19. The lowest BCUT2D eigenvalue weighted by Crippen LogP contribution is -2.21. The predicted octanol–water partition coefficient (Wildman–Crippen LogP) is 4.01. The molecular weight excluding hydrogens is 382 g/mol. The maximum atomic E-state index is 12.3. The molecule has 2 aromatic rings. The van der Waals surface area contributed by atoms with Crippen LogP contribution in [-0.2, 0) is 9.53 Å². The smallest absolute Gasteiger partial charge is 0.345 e. The van der Waals surface area contributed by atoms with Gasteiger partial charge in [-0.15, -0.1) is 0 Å². The number of amides is 1. The van der Waals surface area contributed by atoms with Crippen molar-refractivity contribution in [2.45, 2.75) is 17.6 Å². The van der Waals surface area contributed by atoms with Crippen LogP contribution in [0.2, 0.25) is 0 Å². The van der Waals surface area contributed by atoms with E-state index in [1.54, 1.807) is 0 Å². The summed E-state index contributed by atoms with van der Waals surface area (Å²) in [6.07, 6.45) is 0. The van der Waals surface area contributed by atoms with Gasteiger partial charge in [0.15, 0.2) is 6.61 Å². The van der Waals surface area contributed by atoms with Gasteiger partial charge in [-0.25, -0.2) is 4.79 Å². The first-order valence-corrected chi connectivity index (χ1v) is 8.41. The van der Waals surface area contributed by atoms with E-state index in [1.165, 1.54) is 49.4 Å². The molecule has 0 saturated heterocycles. The van der Waals surface area contributed by atoms with Crippen molar-refractivity contribution in [1.82, 2.24) is 0 Å². The molecule has 0 atom stereocenters. The molecule has 0 fully saturated rings. The summed E-state index contributed by atoms with van der Waals surface area (Å²) in [7, 11) is 0. The zero-order valence-corrected chi connectivity index (χ0v) is 14.8. The van der Waals surface area contributed by atoms with Gasteiger partial charge in [0.2, 0.25) is 0 Å². The first-order chi connectivity index (χ1) is 12.8. The Morgan fingerprint density at radius 3 is 2.48 bits per heavy atom. The second kappa shape index (κ2) is 9.08. The van der Waals surface area contributed by atoms with Crippen molar-refractivity contribution in [3.63, 3.8) is 0 Å². The molecule has 0 unspecified atom stereocenters. The number of aryl methyl sites for hydroxylation is 1. The summed E-state index contributed by atoms with van der Waals surface area (Å²) in [6, 6.07) is 9.80. The molecule has 0 aliphatic heterocycles. The fourth-order valence-corrected chi connectivity index (χ4v) is 2.69. The van der Waals surface area contributed by atoms with Gasteiger partial charge < -0.3 is 10.1 Å². The maximum absolute atomic E-state index is 12.3. The van der Waals surface area contributed by atoms with E-state index in [2.05, 4.69) is 5.32 Å². The Morgan fingerprint density at radius 2 is 1.89 bits per heavy atom. The van der Waals surface area contributed by atoms with Crippen molar-refractivity contribution in [3.05, 3.63) is 63.7 Å². The van der Waals surface area contributed by atoms with Crippen molar-refractivity contribution in [1.29, 1.82) is 0 Å². The molecule has 0 spiro atoms. The number of hydrogen-bond donors (Lipinski definition) is 1. The second-order valence-corrected chi connectivity index (χ2v) is 6.32. The minimum Gasteiger partial charge on any atom is -0.452 e. The zero-order valence-electron chi connectivity index (χ0n) is 14.0. The molecular formula is C17H14F2N2O5S. The zero-order chi connectivity index (χ0) is 20.0. The monoisotopic (exact) mass is 396 g/mol. The van der Waals surface area contributed by atoms with Crippen LogP contribution in [0.4, 0.5) is 20.2 Å². The molecule has 7 nitrogen and oxygen atoms in total. The third kappa shape index (κ3) is 5.74. The summed E-state index contributed by atoms with van der Waals surface area (Å²) < 4.78 is 29.4. The molecule has 0 bridgehead atoms. The number of nitro benzene ring substituents is 1. The van der Waals surface area contributed by atoms with Crippen LogP contribution in [-0.4, -0.2) is 29.2 Å². The Morgan fingerprint density at radius 1 is 1.22 bits per heavy atom. The molecule has 0 saturated carbocycles. The van der Waals surface area contributed by atoms with E-state index in [-0.39, 0.29) is 5.56 Å². The van der Waals surface area contributed by atoms with Gasteiger partial charge in [0.05, 0.1) is 4.92 Å². The number of alkyl halides is 2. The SMILES string of the molecule is Cc1cccc([N+](=O)[O-])c1C(=O)OCC(=O)Nc1ccc(SC(F)F)cc1. The molecule has 0 aliphatic rings. The molecule has 1 N–H and O–H groups in total. The number of ether oxygens (including phenoxy) is 1. The van der Waals surface area contributed by atoms with Gasteiger partial charge in [0.25, 0.3) is 17.4 Å². The summed E-state index contributed by atoms with van der Waals surface area (Å²) in [5.41, 5.74) is 0.0504. The lowest BCUT2D eigenvalue weighted by molar-refractivity contribution is -0.385. The van der Waals surface area contributed by atoms with Gasteiger partial charge in [-0.1, -0.05) is 23.9 Å². The van der Waals surface area contributed by atoms with Crippen LogP contribution in [0.15, 0.2) is 47.4 Å². The molecule has 142 valence electrons. The number of nitrogens with one attached hydrogen (secondary N) is 1. The van der Waals surface area contributed by atoms with Gasteiger partial charge in [-0.05, 0) is 36.8 Å². The highest BCUT2D eigenvalue weighted by Crippen LogP contribution is 2.26. The summed E-state index contributed by atoms with van der Waals surface area (Å²) in [5.74, 6) is -4.21. The minimum atomic E-state index is -2.55. The molecule has 2 aromatic carbocycles. The van der Waals surface area contributed by atoms with Crippen molar-refractivity contribution in [2.24, 2.45) is 0 Å². The number of thioether (sulfide) groups is 1. The van der Waals surface area contributed by atoms with Crippen molar-refractivity contribution in [2.75, 3.05) is 11.9 Å². The van der Waals surface area contributed by atoms with Gasteiger partial charge >= 0.3 is 5.97 Å². The van der Waals surface area contributed by atoms with E-state index in [1.807, 2.05) is 0 Å². The number of anilines is 1. The fraction of sp³-hybridized carbons (Fsp3) is 0.176. The number of hydrogen-bond acceptors (Lipinski definition) is 6. The molecule has 0 radical (unpaired) electrons. The number of nitro groups is 1. The quantitative estimate of drug-likeness (QED) is 0.329. The highest BCUT2D eigenvalue weighted by Gasteiger charge is 2.24. The Balaban J connectivity index is 1.96. The number of esters is 1. The highest BCUT2D eigenvalue weighted by atomic mass is 32.2. The summed E-state index contributed by atoms with van der Waals surface area (Å²) >= 11 is 0.372. The normalized spacial score (nSPS) is 10.5. The third-order valence-corrected chi connectivity index (χ3v) is 4.07. The molecule has 2 rings (SSSR count). The molecule has 0 aliphatic carbocycles. The van der Waals surface area contributed by atoms with Gasteiger partial charge in [-0.2, -0.15) is 8.78 Å². The predicted molar refractivity (Wildman–Crippen MR) is 95.0 cm³/mol. The number of carbonyl (C=O) groups excluding carboxylic acids is 2. The van der Waals surface area contributed by atoms with Crippen LogP contribution in [0.5, 0.6) is 0 Å².